The van der Waals surface area contributed by atoms with Crippen molar-refractivity contribution >= 4 is 0 Å². The molecular weight excluding hydrogens is 216 g/mol. The van der Waals surface area contributed by atoms with Crippen LogP contribution in [0.3, 0.4) is 0 Å². The van der Waals surface area contributed by atoms with Crippen molar-refractivity contribution < 1.29 is 4.74 Å². The molecule has 0 aliphatic heterocycles. The van der Waals surface area contributed by atoms with Crippen LogP contribution in [-0.2, 0) is 17.8 Å². The van der Waals surface area contributed by atoms with Gasteiger partial charge >= 0.3 is 0 Å². The van der Waals surface area contributed by atoms with Crippen LogP contribution in [0.4, 0.5) is 0 Å². The fraction of sp³-hybridized carbons (Fsp3) is 0.833. The van der Waals surface area contributed by atoms with Gasteiger partial charge in [0, 0.05) is 13.7 Å². The maximum Gasteiger partial charge on any atom is 0.140 e. The lowest BCUT2D eigenvalue weighted by molar-refractivity contribution is 0.0111. The molecule has 0 fully saturated rings. The van der Waals surface area contributed by atoms with E-state index < -0.39 is 0 Å². The standard InChI is InChI=1S/C12H24N4O/c1-5-7-13-9-11-14-10-15-16(11)8-6-12(2,3)17-4/h10,13H,5-9H2,1-4H3. The van der Waals surface area contributed by atoms with Crippen molar-refractivity contribution in [3.05, 3.63) is 12.2 Å². The molecule has 0 amide bonds. The second-order valence-electron chi connectivity index (χ2n) is 4.79. The quantitative estimate of drug-likeness (QED) is 0.701. The number of hydrogen-bond acceptors (Lipinski definition) is 4. The van der Waals surface area contributed by atoms with E-state index in [1.165, 1.54) is 0 Å². The number of nitrogens with zero attached hydrogens (tertiary/aromatic N) is 3. The Morgan fingerprint density at radius 1 is 1.47 bits per heavy atom. The first kappa shape index (κ1) is 14.1. The smallest absolute Gasteiger partial charge is 0.140 e. The molecule has 0 aliphatic carbocycles. The predicted molar refractivity (Wildman–Crippen MR) is 67.7 cm³/mol. The van der Waals surface area contributed by atoms with Crippen LogP contribution in [0.25, 0.3) is 0 Å². The van der Waals surface area contributed by atoms with Gasteiger partial charge in [0.15, 0.2) is 0 Å². The van der Waals surface area contributed by atoms with Gasteiger partial charge in [0.2, 0.25) is 0 Å². The molecule has 0 atom stereocenters. The Hall–Kier alpha value is -0.940. The summed E-state index contributed by atoms with van der Waals surface area (Å²) in [7, 11) is 1.74. The SMILES string of the molecule is CCCNCc1ncnn1CCC(C)(C)OC. The number of aryl methyl sites for hydroxylation is 1. The van der Waals surface area contributed by atoms with Gasteiger partial charge in [0.25, 0.3) is 0 Å². The summed E-state index contributed by atoms with van der Waals surface area (Å²) in [5.74, 6) is 0.991. The van der Waals surface area contributed by atoms with E-state index in [2.05, 4.69) is 36.2 Å². The molecule has 0 aliphatic rings. The van der Waals surface area contributed by atoms with Gasteiger partial charge in [0.05, 0.1) is 12.1 Å². The molecule has 1 rings (SSSR count). The fourth-order valence-electron chi connectivity index (χ4n) is 1.47. The first-order valence-corrected chi connectivity index (χ1v) is 6.21. The number of aromatic nitrogens is 3. The first-order chi connectivity index (χ1) is 8.09. The molecule has 0 saturated heterocycles. The fourth-order valence-corrected chi connectivity index (χ4v) is 1.47. The zero-order valence-electron chi connectivity index (χ0n) is 11.4. The Morgan fingerprint density at radius 3 is 2.88 bits per heavy atom. The van der Waals surface area contributed by atoms with E-state index in [0.717, 1.165) is 38.3 Å². The van der Waals surface area contributed by atoms with Crippen molar-refractivity contribution in [2.75, 3.05) is 13.7 Å². The van der Waals surface area contributed by atoms with E-state index in [1.807, 2.05) is 4.68 Å². The topological polar surface area (TPSA) is 52.0 Å². The Balaban J connectivity index is 2.45. The van der Waals surface area contributed by atoms with Crippen molar-refractivity contribution in [3.8, 4) is 0 Å². The monoisotopic (exact) mass is 240 g/mol. The van der Waals surface area contributed by atoms with Gasteiger partial charge in [-0.1, -0.05) is 6.92 Å². The van der Waals surface area contributed by atoms with Gasteiger partial charge < -0.3 is 10.1 Å². The van der Waals surface area contributed by atoms with Crippen molar-refractivity contribution in [3.63, 3.8) is 0 Å². The lowest BCUT2D eigenvalue weighted by atomic mass is 10.1. The van der Waals surface area contributed by atoms with E-state index in [0.29, 0.717) is 0 Å². The summed E-state index contributed by atoms with van der Waals surface area (Å²) in [6.07, 6.45) is 3.67. The zero-order valence-corrected chi connectivity index (χ0v) is 11.4. The lowest BCUT2D eigenvalue weighted by Crippen LogP contribution is -2.26. The third-order valence-electron chi connectivity index (χ3n) is 2.88. The summed E-state index contributed by atoms with van der Waals surface area (Å²) in [6.45, 7) is 8.94. The molecule has 98 valence electrons. The molecule has 0 bridgehead atoms. The lowest BCUT2D eigenvalue weighted by Gasteiger charge is -2.22. The molecule has 0 radical (unpaired) electrons. The highest BCUT2D eigenvalue weighted by atomic mass is 16.5. The van der Waals surface area contributed by atoms with E-state index >= 15 is 0 Å². The van der Waals surface area contributed by atoms with Crippen LogP contribution in [0.2, 0.25) is 0 Å². The zero-order chi connectivity index (χ0) is 12.7. The summed E-state index contributed by atoms with van der Waals surface area (Å²) >= 11 is 0. The molecule has 0 spiro atoms. The summed E-state index contributed by atoms with van der Waals surface area (Å²) in [6, 6.07) is 0. The van der Waals surface area contributed by atoms with Crippen LogP contribution in [-0.4, -0.2) is 34.0 Å². The van der Waals surface area contributed by atoms with Crippen molar-refractivity contribution in [2.24, 2.45) is 0 Å². The second kappa shape index (κ2) is 6.71. The molecule has 1 heterocycles. The molecular formula is C12H24N4O. The van der Waals surface area contributed by atoms with Crippen LogP contribution in [0.1, 0.15) is 39.4 Å². The highest BCUT2D eigenvalue weighted by molar-refractivity contribution is 4.84. The average Bonchev–Trinajstić information content (AvgIpc) is 2.75. The average molecular weight is 240 g/mol. The molecule has 1 aromatic heterocycles. The summed E-state index contributed by atoms with van der Waals surface area (Å²) in [5, 5.41) is 7.58. The highest BCUT2D eigenvalue weighted by Gasteiger charge is 2.17. The van der Waals surface area contributed by atoms with Crippen LogP contribution < -0.4 is 5.32 Å². The largest absolute Gasteiger partial charge is 0.379 e. The minimum atomic E-state index is -0.111. The maximum atomic E-state index is 5.40. The number of hydrogen-bond donors (Lipinski definition) is 1. The van der Waals surface area contributed by atoms with E-state index in [4.69, 9.17) is 4.74 Å². The van der Waals surface area contributed by atoms with Gasteiger partial charge in [-0.3, -0.25) is 0 Å². The van der Waals surface area contributed by atoms with Gasteiger partial charge in [-0.25, -0.2) is 9.67 Å². The van der Waals surface area contributed by atoms with E-state index in [-0.39, 0.29) is 5.60 Å². The molecule has 1 N–H and O–H groups in total. The molecule has 1 aromatic rings. The van der Waals surface area contributed by atoms with E-state index in [1.54, 1.807) is 13.4 Å². The highest BCUT2D eigenvalue weighted by Crippen LogP contribution is 2.14. The molecule has 5 heteroatoms. The van der Waals surface area contributed by atoms with Crippen molar-refractivity contribution in [1.82, 2.24) is 20.1 Å². The van der Waals surface area contributed by atoms with Gasteiger partial charge in [-0.15, -0.1) is 0 Å². The van der Waals surface area contributed by atoms with Crippen LogP contribution in [0.5, 0.6) is 0 Å². The number of rotatable bonds is 8. The normalized spacial score (nSPS) is 12.0. The third kappa shape index (κ3) is 4.83. The number of methoxy groups -OCH3 is 1. The number of nitrogens with one attached hydrogen (secondary N) is 1. The summed E-state index contributed by atoms with van der Waals surface area (Å²) < 4.78 is 7.35. The van der Waals surface area contributed by atoms with Crippen LogP contribution in [0.15, 0.2) is 6.33 Å². The Morgan fingerprint density at radius 2 is 2.24 bits per heavy atom. The van der Waals surface area contributed by atoms with E-state index in [9.17, 15) is 0 Å². The predicted octanol–water partition coefficient (Wildman–Crippen LogP) is 1.59. The van der Waals surface area contributed by atoms with Crippen molar-refractivity contribution in [2.45, 2.75) is 52.3 Å². The summed E-state index contributed by atoms with van der Waals surface area (Å²) in [4.78, 5) is 4.26. The minimum Gasteiger partial charge on any atom is -0.379 e. The molecule has 0 saturated carbocycles. The molecule has 17 heavy (non-hydrogen) atoms. The molecule has 0 aromatic carbocycles. The van der Waals surface area contributed by atoms with Crippen LogP contribution >= 0.6 is 0 Å². The Bertz CT molecular complexity index is 322. The maximum absolute atomic E-state index is 5.40. The van der Waals surface area contributed by atoms with Gasteiger partial charge in [-0.05, 0) is 33.2 Å². The number of ether oxygens (including phenoxy) is 1. The Kier molecular flexibility index (Phi) is 5.58. The third-order valence-corrected chi connectivity index (χ3v) is 2.88. The first-order valence-electron chi connectivity index (χ1n) is 6.21. The summed E-state index contributed by atoms with van der Waals surface area (Å²) in [5.41, 5.74) is -0.111. The van der Waals surface area contributed by atoms with Crippen LogP contribution in [0, 0.1) is 0 Å². The molecule has 0 unspecified atom stereocenters. The Labute approximate surface area is 104 Å². The second-order valence-corrected chi connectivity index (χ2v) is 4.79. The van der Waals surface area contributed by atoms with Gasteiger partial charge in [-0.2, -0.15) is 5.10 Å². The van der Waals surface area contributed by atoms with Gasteiger partial charge in [0.1, 0.15) is 12.2 Å². The minimum absolute atomic E-state index is 0.111. The van der Waals surface area contributed by atoms with Crippen molar-refractivity contribution in [1.29, 1.82) is 0 Å². The molecule has 5 nitrogen and oxygen atoms in total.